The Morgan fingerprint density at radius 2 is 1.78 bits per heavy atom. The molecule has 0 aromatic rings. The lowest BCUT2D eigenvalue weighted by atomic mass is 10.3. The van der Waals surface area contributed by atoms with Gasteiger partial charge in [-0.1, -0.05) is 13.8 Å². The Bertz CT molecular complexity index is 199. The summed E-state index contributed by atoms with van der Waals surface area (Å²) in [5.41, 5.74) is 0. The fourth-order valence-corrected chi connectivity index (χ4v) is 1.34. The monoisotopic (exact) mass is 261 g/mol. The van der Waals surface area contributed by atoms with Crippen molar-refractivity contribution in [3.05, 3.63) is 0 Å². The average Bonchev–Trinajstić information content (AvgIpc) is 2.37. The zero-order chi connectivity index (χ0) is 13.6. The van der Waals surface area contributed by atoms with Crippen molar-refractivity contribution in [3.8, 4) is 0 Å². The van der Waals surface area contributed by atoms with Gasteiger partial charge >= 0.3 is 5.97 Å². The minimum Gasteiger partial charge on any atom is -0.465 e. The largest absolute Gasteiger partial charge is 0.465 e. The van der Waals surface area contributed by atoms with Crippen molar-refractivity contribution in [1.82, 2.24) is 5.32 Å². The van der Waals surface area contributed by atoms with Crippen LogP contribution >= 0.6 is 0 Å². The smallest absolute Gasteiger partial charge is 0.325 e. The lowest BCUT2D eigenvalue weighted by Crippen LogP contribution is -2.42. The van der Waals surface area contributed by atoms with E-state index in [1.54, 1.807) is 6.92 Å². The molecule has 0 aliphatic carbocycles. The molecular formula is C13H27NO4. The molecule has 0 aromatic heterocycles. The molecule has 0 spiro atoms. The van der Waals surface area contributed by atoms with Gasteiger partial charge in [0.2, 0.25) is 0 Å². The molecule has 0 saturated carbocycles. The van der Waals surface area contributed by atoms with Gasteiger partial charge in [0.05, 0.1) is 26.4 Å². The van der Waals surface area contributed by atoms with E-state index < -0.39 is 0 Å². The summed E-state index contributed by atoms with van der Waals surface area (Å²) in [6.45, 7) is 9.23. The molecule has 0 fully saturated rings. The van der Waals surface area contributed by atoms with E-state index in [9.17, 15) is 4.79 Å². The molecular weight excluding hydrogens is 234 g/mol. The van der Waals surface area contributed by atoms with Gasteiger partial charge in [-0.2, -0.15) is 0 Å². The fourth-order valence-electron chi connectivity index (χ4n) is 1.34. The van der Waals surface area contributed by atoms with E-state index in [1.807, 2.05) is 0 Å². The molecule has 5 nitrogen and oxygen atoms in total. The number of hydrogen-bond acceptors (Lipinski definition) is 5. The molecule has 0 rings (SSSR count). The van der Waals surface area contributed by atoms with Gasteiger partial charge < -0.3 is 19.5 Å². The van der Waals surface area contributed by atoms with Crippen molar-refractivity contribution >= 4 is 5.97 Å². The average molecular weight is 261 g/mol. The van der Waals surface area contributed by atoms with Crippen molar-refractivity contribution in [2.75, 3.05) is 39.6 Å². The first-order valence-electron chi connectivity index (χ1n) is 6.81. The molecule has 0 aliphatic rings. The minimum absolute atomic E-state index is 0.250. The Balaban J connectivity index is 3.75. The van der Waals surface area contributed by atoms with Crippen LogP contribution in [0.2, 0.25) is 0 Å². The molecule has 1 N–H and O–H groups in total. The van der Waals surface area contributed by atoms with E-state index >= 15 is 0 Å². The van der Waals surface area contributed by atoms with Crippen LogP contribution in [0.1, 0.15) is 33.6 Å². The number of ether oxygens (including phenoxy) is 3. The SMILES string of the molecule is CCCNC(COCCOCCC)C(=O)OCC. The number of rotatable bonds is 12. The molecule has 0 aromatic carbocycles. The highest BCUT2D eigenvalue weighted by Crippen LogP contribution is 1.93. The number of carbonyl (C=O) groups is 1. The van der Waals surface area contributed by atoms with Crippen LogP contribution in [0.15, 0.2) is 0 Å². The third-order valence-corrected chi connectivity index (χ3v) is 2.22. The van der Waals surface area contributed by atoms with Gasteiger partial charge in [-0.25, -0.2) is 0 Å². The molecule has 0 saturated heterocycles. The summed E-state index contributed by atoms with van der Waals surface area (Å²) in [7, 11) is 0. The maximum atomic E-state index is 11.6. The highest BCUT2D eigenvalue weighted by Gasteiger charge is 2.18. The predicted molar refractivity (Wildman–Crippen MR) is 70.6 cm³/mol. The molecule has 0 heterocycles. The number of esters is 1. The third-order valence-electron chi connectivity index (χ3n) is 2.22. The van der Waals surface area contributed by atoms with Crippen LogP contribution in [0.25, 0.3) is 0 Å². The lowest BCUT2D eigenvalue weighted by molar-refractivity contribution is -0.147. The van der Waals surface area contributed by atoms with E-state index in [0.717, 1.165) is 26.0 Å². The summed E-state index contributed by atoms with van der Waals surface area (Å²) in [6.07, 6.45) is 1.97. The van der Waals surface area contributed by atoms with Crippen molar-refractivity contribution in [3.63, 3.8) is 0 Å². The Morgan fingerprint density at radius 1 is 1.06 bits per heavy atom. The second-order valence-electron chi connectivity index (χ2n) is 3.95. The Kier molecular flexibility index (Phi) is 12.3. The molecule has 0 amide bonds. The van der Waals surface area contributed by atoms with Gasteiger partial charge in [0, 0.05) is 6.61 Å². The molecule has 18 heavy (non-hydrogen) atoms. The van der Waals surface area contributed by atoms with E-state index in [4.69, 9.17) is 14.2 Å². The van der Waals surface area contributed by atoms with E-state index in [2.05, 4.69) is 19.2 Å². The molecule has 0 aliphatic heterocycles. The van der Waals surface area contributed by atoms with E-state index in [0.29, 0.717) is 26.4 Å². The van der Waals surface area contributed by atoms with Gasteiger partial charge in [-0.15, -0.1) is 0 Å². The predicted octanol–water partition coefficient (Wildman–Crippen LogP) is 1.36. The number of nitrogens with one attached hydrogen (secondary N) is 1. The van der Waals surface area contributed by atoms with Gasteiger partial charge in [-0.3, -0.25) is 4.79 Å². The first-order chi connectivity index (χ1) is 8.76. The van der Waals surface area contributed by atoms with Gasteiger partial charge in [0.1, 0.15) is 6.04 Å². The van der Waals surface area contributed by atoms with Crippen LogP contribution in [-0.2, 0) is 19.0 Å². The van der Waals surface area contributed by atoms with E-state index in [-0.39, 0.29) is 12.0 Å². The first-order valence-corrected chi connectivity index (χ1v) is 6.81. The van der Waals surface area contributed by atoms with Gasteiger partial charge in [0.25, 0.3) is 0 Å². The molecule has 0 bridgehead atoms. The summed E-state index contributed by atoms with van der Waals surface area (Å²) < 4.78 is 15.7. The maximum absolute atomic E-state index is 11.6. The second kappa shape index (κ2) is 12.8. The summed E-state index contributed by atoms with van der Waals surface area (Å²) >= 11 is 0. The quantitative estimate of drug-likeness (QED) is 0.424. The summed E-state index contributed by atoms with van der Waals surface area (Å²) in [6, 6.07) is -0.379. The van der Waals surface area contributed by atoms with Crippen molar-refractivity contribution in [2.24, 2.45) is 0 Å². The van der Waals surface area contributed by atoms with Crippen LogP contribution in [0.3, 0.4) is 0 Å². The Morgan fingerprint density at radius 3 is 2.39 bits per heavy atom. The van der Waals surface area contributed by atoms with Crippen LogP contribution in [0.5, 0.6) is 0 Å². The fraction of sp³-hybridized carbons (Fsp3) is 0.923. The number of carbonyl (C=O) groups excluding carboxylic acids is 1. The van der Waals surface area contributed by atoms with E-state index in [1.165, 1.54) is 0 Å². The van der Waals surface area contributed by atoms with Crippen molar-refractivity contribution in [1.29, 1.82) is 0 Å². The maximum Gasteiger partial charge on any atom is 0.325 e. The lowest BCUT2D eigenvalue weighted by Gasteiger charge is -2.17. The van der Waals surface area contributed by atoms with Gasteiger partial charge in [0.15, 0.2) is 0 Å². The van der Waals surface area contributed by atoms with Crippen molar-refractivity contribution < 1.29 is 19.0 Å². The van der Waals surface area contributed by atoms with Crippen LogP contribution < -0.4 is 5.32 Å². The third kappa shape index (κ3) is 9.39. The number of hydrogen-bond donors (Lipinski definition) is 1. The van der Waals surface area contributed by atoms with Crippen molar-refractivity contribution in [2.45, 2.75) is 39.7 Å². The highest BCUT2D eigenvalue weighted by atomic mass is 16.5. The first kappa shape index (κ1) is 17.4. The topological polar surface area (TPSA) is 56.8 Å². The normalized spacial score (nSPS) is 12.4. The molecule has 0 radical (unpaired) electrons. The summed E-state index contributed by atoms with van der Waals surface area (Å²) in [5, 5.41) is 3.12. The molecule has 1 unspecified atom stereocenters. The van der Waals surface area contributed by atoms with Crippen LogP contribution in [0, 0.1) is 0 Å². The Hall–Kier alpha value is -0.650. The highest BCUT2D eigenvalue weighted by molar-refractivity contribution is 5.75. The molecule has 108 valence electrons. The molecule has 5 heteroatoms. The zero-order valence-electron chi connectivity index (χ0n) is 11.9. The Labute approximate surface area is 110 Å². The summed E-state index contributed by atoms with van der Waals surface area (Å²) in [5.74, 6) is -0.250. The minimum atomic E-state index is -0.379. The van der Waals surface area contributed by atoms with Crippen LogP contribution in [0.4, 0.5) is 0 Å². The molecule has 1 atom stereocenters. The summed E-state index contributed by atoms with van der Waals surface area (Å²) in [4.78, 5) is 11.6. The van der Waals surface area contributed by atoms with Gasteiger partial charge in [-0.05, 0) is 26.3 Å². The van der Waals surface area contributed by atoms with Crippen LogP contribution in [-0.4, -0.2) is 51.6 Å². The standard InChI is InChI=1S/C13H27NO4/c1-4-7-14-12(13(15)18-6-3)11-17-10-9-16-8-5-2/h12,14H,4-11H2,1-3H3. The zero-order valence-corrected chi connectivity index (χ0v) is 11.9. The second-order valence-corrected chi connectivity index (χ2v) is 3.95.